The number of hydrogen-bond acceptors (Lipinski definition) is 6. The summed E-state index contributed by atoms with van der Waals surface area (Å²) in [5.41, 5.74) is 0.715. The van der Waals surface area contributed by atoms with Crippen molar-refractivity contribution in [2.75, 3.05) is 33.4 Å². The van der Waals surface area contributed by atoms with Gasteiger partial charge in [-0.1, -0.05) is 29.8 Å². The van der Waals surface area contributed by atoms with Crippen molar-refractivity contribution in [3.63, 3.8) is 0 Å². The lowest BCUT2D eigenvalue weighted by Crippen LogP contribution is -2.48. The molecule has 150 valence electrons. The Morgan fingerprint density at radius 2 is 2.11 bits per heavy atom. The predicted octanol–water partition coefficient (Wildman–Crippen LogP) is 2.23. The van der Waals surface area contributed by atoms with Gasteiger partial charge < -0.3 is 4.74 Å². The Bertz CT molecular complexity index is 788. The standard InChI is InChI=1S/C18H25ClN2O5S/c1-3-25-18(22)13-7-6-10-21(11-13)27(23,24)16-12-26-20(2)17(16)14-8-4-5-9-15(14)19/h4-5,8-9,13,16-17H,3,6-7,10-12H2,1-2H3. The van der Waals surface area contributed by atoms with Gasteiger partial charge in [0.25, 0.3) is 0 Å². The molecule has 2 saturated heterocycles. The lowest BCUT2D eigenvalue weighted by molar-refractivity contribution is -0.149. The highest BCUT2D eigenvalue weighted by molar-refractivity contribution is 7.89. The summed E-state index contributed by atoms with van der Waals surface area (Å²) in [5, 5.41) is 1.27. The van der Waals surface area contributed by atoms with Crippen LogP contribution in [-0.4, -0.2) is 62.4 Å². The van der Waals surface area contributed by atoms with Gasteiger partial charge in [0.15, 0.2) is 0 Å². The number of sulfonamides is 1. The normalized spacial score (nSPS) is 27.6. The molecule has 0 amide bonds. The minimum Gasteiger partial charge on any atom is -0.466 e. The Labute approximate surface area is 165 Å². The van der Waals surface area contributed by atoms with Gasteiger partial charge in [-0.3, -0.25) is 9.63 Å². The fourth-order valence-electron chi connectivity index (χ4n) is 3.77. The molecule has 1 aromatic rings. The molecular formula is C18H25ClN2O5S. The Balaban J connectivity index is 1.85. The van der Waals surface area contributed by atoms with E-state index in [-0.39, 0.29) is 25.7 Å². The van der Waals surface area contributed by atoms with Gasteiger partial charge in [0.05, 0.1) is 25.2 Å². The van der Waals surface area contributed by atoms with Crippen LogP contribution in [0.3, 0.4) is 0 Å². The van der Waals surface area contributed by atoms with Crippen molar-refractivity contribution in [1.82, 2.24) is 9.37 Å². The Hall–Kier alpha value is -1.19. The number of carbonyl (C=O) groups excluding carboxylic acids is 1. The summed E-state index contributed by atoms with van der Waals surface area (Å²) in [5.74, 6) is -0.757. The number of benzene rings is 1. The van der Waals surface area contributed by atoms with Crippen molar-refractivity contribution in [1.29, 1.82) is 0 Å². The minimum atomic E-state index is -3.69. The third kappa shape index (κ3) is 4.14. The van der Waals surface area contributed by atoms with E-state index in [1.165, 1.54) is 4.31 Å². The third-order valence-electron chi connectivity index (χ3n) is 5.16. The molecule has 3 rings (SSSR count). The van der Waals surface area contributed by atoms with E-state index in [0.29, 0.717) is 30.0 Å². The quantitative estimate of drug-likeness (QED) is 0.685. The number of halogens is 1. The number of hydrogen-bond donors (Lipinski definition) is 0. The minimum absolute atomic E-state index is 0.0509. The molecule has 9 heteroatoms. The zero-order valence-electron chi connectivity index (χ0n) is 15.5. The summed E-state index contributed by atoms with van der Waals surface area (Å²) in [7, 11) is -1.98. The molecule has 3 unspecified atom stereocenters. The first kappa shape index (κ1) is 20.5. The molecule has 0 spiro atoms. The van der Waals surface area contributed by atoms with Crippen LogP contribution < -0.4 is 0 Å². The van der Waals surface area contributed by atoms with E-state index in [2.05, 4.69) is 0 Å². The van der Waals surface area contributed by atoms with Crippen LogP contribution in [0.25, 0.3) is 0 Å². The van der Waals surface area contributed by atoms with Crippen LogP contribution in [0.2, 0.25) is 5.02 Å². The molecule has 1 aromatic carbocycles. The number of rotatable bonds is 5. The van der Waals surface area contributed by atoms with E-state index in [4.69, 9.17) is 21.2 Å². The topological polar surface area (TPSA) is 76.1 Å². The maximum absolute atomic E-state index is 13.4. The summed E-state index contributed by atoms with van der Waals surface area (Å²) >= 11 is 6.32. The number of ether oxygens (including phenoxy) is 1. The van der Waals surface area contributed by atoms with Gasteiger partial charge in [0.1, 0.15) is 5.25 Å². The first-order valence-electron chi connectivity index (χ1n) is 9.12. The second kappa shape index (κ2) is 8.45. The van der Waals surface area contributed by atoms with Gasteiger partial charge in [-0.15, -0.1) is 0 Å². The van der Waals surface area contributed by atoms with Crippen LogP contribution in [0.4, 0.5) is 0 Å². The van der Waals surface area contributed by atoms with Crippen LogP contribution in [0, 0.1) is 5.92 Å². The van der Waals surface area contributed by atoms with Crippen molar-refractivity contribution in [2.45, 2.75) is 31.1 Å². The molecule has 27 heavy (non-hydrogen) atoms. The molecule has 3 atom stereocenters. The highest BCUT2D eigenvalue weighted by atomic mass is 35.5. The molecule has 0 radical (unpaired) electrons. The first-order chi connectivity index (χ1) is 12.9. The van der Waals surface area contributed by atoms with Crippen LogP contribution >= 0.6 is 11.6 Å². The first-order valence-corrected chi connectivity index (χ1v) is 11.0. The van der Waals surface area contributed by atoms with E-state index in [0.717, 1.165) is 0 Å². The summed E-state index contributed by atoms with van der Waals surface area (Å²) in [6.45, 7) is 2.63. The van der Waals surface area contributed by atoms with Crippen LogP contribution in [-0.2, 0) is 24.4 Å². The van der Waals surface area contributed by atoms with Gasteiger partial charge in [-0.05, 0) is 31.4 Å². The maximum atomic E-state index is 13.4. The molecule has 0 bridgehead atoms. The van der Waals surface area contributed by atoms with Gasteiger partial charge in [-0.25, -0.2) is 12.7 Å². The van der Waals surface area contributed by atoms with Crippen molar-refractivity contribution < 1.29 is 22.8 Å². The SMILES string of the molecule is CCOC(=O)C1CCCN(S(=O)(=O)C2CON(C)C2c2ccccc2Cl)C1. The van der Waals surface area contributed by atoms with Gasteiger partial charge in [0.2, 0.25) is 10.0 Å². The molecule has 2 aliphatic heterocycles. The summed E-state index contributed by atoms with van der Waals surface area (Å²) in [6.07, 6.45) is 1.27. The number of hydroxylamine groups is 2. The average Bonchev–Trinajstić information content (AvgIpc) is 3.04. The molecular weight excluding hydrogens is 392 g/mol. The number of carbonyl (C=O) groups is 1. The van der Waals surface area contributed by atoms with E-state index in [9.17, 15) is 13.2 Å². The van der Waals surface area contributed by atoms with Crippen molar-refractivity contribution >= 4 is 27.6 Å². The molecule has 2 aliphatic rings. The zero-order chi connectivity index (χ0) is 19.6. The van der Waals surface area contributed by atoms with Crippen molar-refractivity contribution in [3.8, 4) is 0 Å². The molecule has 0 aliphatic carbocycles. The van der Waals surface area contributed by atoms with Crippen molar-refractivity contribution in [3.05, 3.63) is 34.9 Å². The highest BCUT2D eigenvalue weighted by Crippen LogP contribution is 2.38. The van der Waals surface area contributed by atoms with E-state index in [1.54, 1.807) is 31.2 Å². The van der Waals surface area contributed by atoms with E-state index < -0.39 is 27.2 Å². The van der Waals surface area contributed by atoms with E-state index in [1.807, 2.05) is 12.1 Å². The second-order valence-electron chi connectivity index (χ2n) is 6.84. The average molecular weight is 417 g/mol. The Morgan fingerprint density at radius 1 is 1.37 bits per heavy atom. The fraction of sp³-hybridized carbons (Fsp3) is 0.611. The third-order valence-corrected chi connectivity index (χ3v) is 7.71. The number of esters is 1. The smallest absolute Gasteiger partial charge is 0.310 e. The lowest BCUT2D eigenvalue weighted by Gasteiger charge is -2.34. The number of nitrogens with zero attached hydrogens (tertiary/aromatic N) is 2. The predicted molar refractivity (Wildman–Crippen MR) is 102 cm³/mol. The summed E-state index contributed by atoms with van der Waals surface area (Å²) in [6, 6.07) is 6.68. The molecule has 7 nitrogen and oxygen atoms in total. The Morgan fingerprint density at radius 3 is 2.81 bits per heavy atom. The molecule has 2 heterocycles. The van der Waals surface area contributed by atoms with Gasteiger partial charge in [-0.2, -0.15) is 5.06 Å². The van der Waals surface area contributed by atoms with Crippen LogP contribution in [0.15, 0.2) is 24.3 Å². The monoisotopic (exact) mass is 416 g/mol. The molecule has 2 fully saturated rings. The zero-order valence-corrected chi connectivity index (χ0v) is 17.1. The largest absolute Gasteiger partial charge is 0.466 e. The molecule has 0 N–H and O–H groups in total. The van der Waals surface area contributed by atoms with Crippen LogP contribution in [0.1, 0.15) is 31.4 Å². The van der Waals surface area contributed by atoms with Gasteiger partial charge >= 0.3 is 5.97 Å². The van der Waals surface area contributed by atoms with E-state index >= 15 is 0 Å². The van der Waals surface area contributed by atoms with Gasteiger partial charge in [0, 0.05) is 25.2 Å². The van der Waals surface area contributed by atoms with Crippen molar-refractivity contribution in [2.24, 2.45) is 5.92 Å². The second-order valence-corrected chi connectivity index (χ2v) is 9.40. The lowest BCUT2D eigenvalue weighted by atomic mass is 10.0. The molecule has 0 saturated carbocycles. The number of piperidine rings is 1. The molecule has 0 aromatic heterocycles. The summed E-state index contributed by atoms with van der Waals surface area (Å²) < 4.78 is 33.2. The van der Waals surface area contributed by atoms with Crippen LogP contribution in [0.5, 0.6) is 0 Å². The Kier molecular flexibility index (Phi) is 6.43. The highest BCUT2D eigenvalue weighted by Gasteiger charge is 2.47. The maximum Gasteiger partial charge on any atom is 0.310 e. The summed E-state index contributed by atoms with van der Waals surface area (Å²) in [4.78, 5) is 17.6. The fourth-order valence-corrected chi connectivity index (χ4v) is 6.05.